The first kappa shape index (κ1) is 20.7. The first-order valence-electron chi connectivity index (χ1n) is 8.88. The number of benzene rings is 1. The highest BCUT2D eigenvalue weighted by atomic mass is 79.9. The lowest BCUT2D eigenvalue weighted by molar-refractivity contribution is -0.226. The summed E-state index contributed by atoms with van der Waals surface area (Å²) in [4.78, 5) is 16.9. The van der Waals surface area contributed by atoms with E-state index in [1.807, 2.05) is 31.2 Å². The normalized spacial score (nSPS) is 21.9. The predicted molar refractivity (Wildman–Crippen MR) is 107 cm³/mol. The maximum Gasteiger partial charge on any atom is 0.235 e. The van der Waals surface area contributed by atoms with Crippen LogP contribution in [0, 0.1) is 5.41 Å². The summed E-state index contributed by atoms with van der Waals surface area (Å²) in [6, 6.07) is 11.2. The second-order valence-electron chi connectivity index (χ2n) is 6.75. The summed E-state index contributed by atoms with van der Waals surface area (Å²) in [7, 11) is 1.61. The monoisotopic (exact) mass is 450 g/mol. The average Bonchev–Trinajstić information content (AvgIpc) is 2.71. The van der Waals surface area contributed by atoms with Crippen LogP contribution in [-0.4, -0.2) is 44.4 Å². The van der Waals surface area contributed by atoms with E-state index >= 15 is 0 Å². The number of amides is 1. The van der Waals surface area contributed by atoms with Crippen LogP contribution in [-0.2, 0) is 19.0 Å². The molecule has 7 nitrogen and oxygen atoms in total. The van der Waals surface area contributed by atoms with Gasteiger partial charge in [-0.2, -0.15) is 0 Å². The molecule has 1 amide bonds. The van der Waals surface area contributed by atoms with Gasteiger partial charge < -0.3 is 24.3 Å². The van der Waals surface area contributed by atoms with Gasteiger partial charge in [-0.25, -0.2) is 4.98 Å². The summed E-state index contributed by atoms with van der Waals surface area (Å²) in [5.74, 6) is 0.291. The Morgan fingerprint density at radius 1 is 1.21 bits per heavy atom. The van der Waals surface area contributed by atoms with E-state index in [-0.39, 0.29) is 19.1 Å². The van der Waals surface area contributed by atoms with Gasteiger partial charge >= 0.3 is 0 Å². The molecular formula is C20H23BrN2O5. The van der Waals surface area contributed by atoms with Crippen LogP contribution in [0.25, 0.3) is 0 Å². The molecule has 1 aromatic heterocycles. The fourth-order valence-electron chi connectivity index (χ4n) is 2.60. The molecule has 8 heteroatoms. The molecule has 0 atom stereocenters. The number of pyridine rings is 1. The van der Waals surface area contributed by atoms with Gasteiger partial charge in [0.1, 0.15) is 6.61 Å². The third kappa shape index (κ3) is 5.29. The highest BCUT2D eigenvalue weighted by molar-refractivity contribution is 9.10. The van der Waals surface area contributed by atoms with Gasteiger partial charge in [0, 0.05) is 23.2 Å². The summed E-state index contributed by atoms with van der Waals surface area (Å²) in [6.07, 6.45) is 1.08. The van der Waals surface area contributed by atoms with Gasteiger partial charge in [0.15, 0.2) is 6.29 Å². The summed E-state index contributed by atoms with van der Waals surface area (Å²) in [6.45, 7) is 3.23. The maximum absolute atomic E-state index is 12.7. The standard InChI is InChI=1S/C20H23BrN2O5/c1-20(12-27-18(28-13-20)14-3-5-15(21)6-4-14)19(24)23-16-7-8-17(22-11-16)26-10-9-25-2/h3-8,11,18H,9-10,12-13H2,1-2H3,(H,23,24). The van der Waals surface area contributed by atoms with Crippen LogP contribution in [0.2, 0.25) is 0 Å². The molecule has 2 heterocycles. The number of ether oxygens (including phenoxy) is 4. The smallest absolute Gasteiger partial charge is 0.235 e. The van der Waals surface area contributed by atoms with Crippen molar-refractivity contribution in [2.45, 2.75) is 13.2 Å². The van der Waals surface area contributed by atoms with Crippen molar-refractivity contribution in [2.75, 3.05) is 38.9 Å². The molecule has 1 aliphatic heterocycles. The molecule has 0 radical (unpaired) electrons. The number of nitrogens with zero attached hydrogens (tertiary/aromatic N) is 1. The number of aromatic nitrogens is 1. The third-order valence-electron chi connectivity index (χ3n) is 4.33. The fourth-order valence-corrected chi connectivity index (χ4v) is 2.87. The summed E-state index contributed by atoms with van der Waals surface area (Å²) < 4.78 is 22.9. The van der Waals surface area contributed by atoms with Gasteiger partial charge in [0.2, 0.25) is 11.8 Å². The SMILES string of the molecule is COCCOc1ccc(NC(=O)C2(C)COC(c3ccc(Br)cc3)OC2)cn1. The van der Waals surface area contributed by atoms with Crippen molar-refractivity contribution in [2.24, 2.45) is 5.41 Å². The van der Waals surface area contributed by atoms with Crippen molar-refractivity contribution in [3.8, 4) is 5.88 Å². The van der Waals surface area contributed by atoms with E-state index < -0.39 is 11.7 Å². The number of nitrogens with one attached hydrogen (secondary N) is 1. The van der Waals surface area contributed by atoms with Crippen LogP contribution in [0.5, 0.6) is 5.88 Å². The molecule has 1 fully saturated rings. The second kappa shape index (κ2) is 9.47. The zero-order chi connectivity index (χ0) is 20.0. The van der Waals surface area contributed by atoms with Gasteiger partial charge in [-0.1, -0.05) is 28.1 Å². The molecule has 1 aliphatic rings. The molecule has 0 saturated carbocycles. The Hall–Kier alpha value is -2.00. The Morgan fingerprint density at radius 2 is 1.93 bits per heavy atom. The minimum Gasteiger partial charge on any atom is -0.475 e. The number of hydrogen-bond donors (Lipinski definition) is 1. The van der Waals surface area contributed by atoms with Crippen LogP contribution < -0.4 is 10.1 Å². The van der Waals surface area contributed by atoms with Crippen molar-refractivity contribution in [3.63, 3.8) is 0 Å². The first-order chi connectivity index (χ1) is 13.5. The van der Waals surface area contributed by atoms with Gasteiger partial charge in [-0.05, 0) is 25.1 Å². The van der Waals surface area contributed by atoms with E-state index in [0.717, 1.165) is 10.0 Å². The van der Waals surface area contributed by atoms with Crippen LogP contribution in [0.3, 0.4) is 0 Å². The van der Waals surface area contributed by atoms with Crippen LogP contribution in [0.4, 0.5) is 5.69 Å². The molecule has 1 aromatic carbocycles. The lowest BCUT2D eigenvalue weighted by atomic mass is 9.90. The molecule has 0 bridgehead atoms. The average molecular weight is 451 g/mol. The number of anilines is 1. The molecule has 1 saturated heterocycles. The van der Waals surface area contributed by atoms with Crippen molar-refractivity contribution in [1.82, 2.24) is 4.98 Å². The predicted octanol–water partition coefficient (Wildman–Crippen LogP) is 3.56. The molecule has 28 heavy (non-hydrogen) atoms. The second-order valence-corrected chi connectivity index (χ2v) is 7.66. The van der Waals surface area contributed by atoms with E-state index in [9.17, 15) is 4.79 Å². The fraction of sp³-hybridized carbons (Fsp3) is 0.400. The van der Waals surface area contributed by atoms with Gasteiger partial charge in [-0.3, -0.25) is 4.79 Å². The van der Waals surface area contributed by atoms with E-state index in [4.69, 9.17) is 18.9 Å². The summed E-state index contributed by atoms with van der Waals surface area (Å²) in [5.41, 5.74) is 0.707. The van der Waals surface area contributed by atoms with Crippen molar-refractivity contribution >= 4 is 27.5 Å². The van der Waals surface area contributed by atoms with Crippen LogP contribution in [0.1, 0.15) is 18.8 Å². The number of hydrogen-bond acceptors (Lipinski definition) is 6. The van der Waals surface area contributed by atoms with E-state index in [1.165, 1.54) is 0 Å². The van der Waals surface area contributed by atoms with Crippen molar-refractivity contribution < 1.29 is 23.7 Å². The lowest BCUT2D eigenvalue weighted by Crippen LogP contribution is -2.45. The van der Waals surface area contributed by atoms with Crippen LogP contribution in [0.15, 0.2) is 47.1 Å². The molecule has 3 rings (SSSR count). The van der Waals surface area contributed by atoms with Gasteiger partial charge in [0.25, 0.3) is 0 Å². The molecule has 150 valence electrons. The molecule has 1 N–H and O–H groups in total. The van der Waals surface area contributed by atoms with Crippen molar-refractivity contribution in [1.29, 1.82) is 0 Å². The largest absolute Gasteiger partial charge is 0.475 e. The van der Waals surface area contributed by atoms with Crippen LogP contribution >= 0.6 is 15.9 Å². The number of carbonyl (C=O) groups is 1. The quantitative estimate of drug-likeness (QED) is 0.649. The minimum atomic E-state index is -0.792. The lowest BCUT2D eigenvalue weighted by Gasteiger charge is -2.36. The highest BCUT2D eigenvalue weighted by Crippen LogP contribution is 2.33. The maximum atomic E-state index is 12.7. The van der Waals surface area contributed by atoms with Gasteiger partial charge in [0.05, 0.1) is 37.1 Å². The number of halogens is 1. The van der Waals surface area contributed by atoms with E-state index in [2.05, 4.69) is 26.2 Å². The number of rotatable bonds is 7. The Balaban J connectivity index is 1.53. The zero-order valence-corrected chi connectivity index (χ0v) is 17.4. The van der Waals surface area contributed by atoms with E-state index in [0.29, 0.717) is 24.8 Å². The van der Waals surface area contributed by atoms with E-state index in [1.54, 1.807) is 25.4 Å². The number of carbonyl (C=O) groups excluding carboxylic acids is 1. The Bertz CT molecular complexity index is 774. The molecule has 2 aromatic rings. The molecule has 0 spiro atoms. The Morgan fingerprint density at radius 3 is 2.54 bits per heavy atom. The molecule has 0 aliphatic carbocycles. The Kier molecular flexibility index (Phi) is 7.01. The highest BCUT2D eigenvalue weighted by Gasteiger charge is 2.40. The number of methoxy groups -OCH3 is 1. The van der Waals surface area contributed by atoms with Gasteiger partial charge in [-0.15, -0.1) is 0 Å². The van der Waals surface area contributed by atoms with Crippen molar-refractivity contribution in [3.05, 3.63) is 52.6 Å². The third-order valence-corrected chi connectivity index (χ3v) is 4.86. The first-order valence-corrected chi connectivity index (χ1v) is 9.67. The Labute approximate surface area is 172 Å². The topological polar surface area (TPSA) is 78.9 Å². The molecular weight excluding hydrogens is 428 g/mol. The summed E-state index contributed by atoms with van der Waals surface area (Å²) >= 11 is 3.40. The molecule has 0 unspecified atom stereocenters. The summed E-state index contributed by atoms with van der Waals surface area (Å²) in [5, 5.41) is 2.86. The minimum absolute atomic E-state index is 0.184. The zero-order valence-electron chi connectivity index (χ0n) is 15.8.